The highest BCUT2D eigenvalue weighted by Gasteiger charge is 2.17. The Labute approximate surface area is 164 Å². The molecule has 2 aromatic carbocycles. The van der Waals surface area contributed by atoms with E-state index in [4.69, 9.17) is 16.3 Å². The van der Waals surface area contributed by atoms with Crippen LogP contribution in [0.3, 0.4) is 0 Å². The summed E-state index contributed by atoms with van der Waals surface area (Å²) in [6.07, 6.45) is -0.721. The number of carbonyl (C=O) groups excluding carboxylic acids is 1. The number of halogens is 1. The fourth-order valence-electron chi connectivity index (χ4n) is 2.36. The number of carbonyl (C=O) groups is 1. The second kappa shape index (κ2) is 9.21. The molecule has 1 unspecified atom stereocenters. The SMILES string of the molecule is Cc1ccc(C)c(S(=O)(=O)NCCNC(=O)C(C)Oc2ccc(Cl)cc2)c1. The Morgan fingerprint density at radius 2 is 1.78 bits per heavy atom. The number of hydrogen-bond acceptors (Lipinski definition) is 4. The molecule has 1 atom stereocenters. The zero-order chi connectivity index (χ0) is 20.0. The molecule has 0 saturated heterocycles. The van der Waals surface area contributed by atoms with Gasteiger partial charge in [-0.1, -0.05) is 23.7 Å². The summed E-state index contributed by atoms with van der Waals surface area (Å²) in [5.74, 6) is 0.188. The lowest BCUT2D eigenvalue weighted by atomic mass is 10.2. The summed E-state index contributed by atoms with van der Waals surface area (Å²) in [5, 5.41) is 3.23. The highest BCUT2D eigenvalue weighted by molar-refractivity contribution is 7.89. The largest absolute Gasteiger partial charge is 0.481 e. The third kappa shape index (κ3) is 6.23. The Morgan fingerprint density at radius 1 is 1.11 bits per heavy atom. The van der Waals surface area contributed by atoms with Crippen LogP contribution in [0.1, 0.15) is 18.1 Å². The van der Waals surface area contributed by atoms with Crippen molar-refractivity contribution in [1.82, 2.24) is 10.0 Å². The van der Waals surface area contributed by atoms with Gasteiger partial charge in [-0.15, -0.1) is 0 Å². The Morgan fingerprint density at radius 3 is 2.44 bits per heavy atom. The highest BCUT2D eigenvalue weighted by atomic mass is 35.5. The topological polar surface area (TPSA) is 84.5 Å². The molecule has 0 aromatic heterocycles. The van der Waals surface area contributed by atoms with E-state index in [1.54, 1.807) is 50.2 Å². The van der Waals surface area contributed by atoms with Crippen molar-refractivity contribution in [2.75, 3.05) is 13.1 Å². The number of benzene rings is 2. The van der Waals surface area contributed by atoms with Crippen LogP contribution in [-0.2, 0) is 14.8 Å². The third-order valence-electron chi connectivity index (χ3n) is 3.85. The molecule has 2 rings (SSSR count). The van der Waals surface area contributed by atoms with Crippen molar-refractivity contribution >= 4 is 27.5 Å². The maximum Gasteiger partial charge on any atom is 0.260 e. The quantitative estimate of drug-likeness (QED) is 0.655. The predicted molar refractivity (Wildman–Crippen MR) is 106 cm³/mol. The van der Waals surface area contributed by atoms with Gasteiger partial charge in [0, 0.05) is 18.1 Å². The van der Waals surface area contributed by atoms with Crippen LogP contribution in [0.4, 0.5) is 0 Å². The van der Waals surface area contributed by atoms with Crippen LogP contribution in [0, 0.1) is 13.8 Å². The average Bonchev–Trinajstić information content (AvgIpc) is 2.62. The van der Waals surface area contributed by atoms with Gasteiger partial charge in [-0.25, -0.2) is 13.1 Å². The highest BCUT2D eigenvalue weighted by Crippen LogP contribution is 2.17. The van der Waals surface area contributed by atoms with Crippen LogP contribution in [0.2, 0.25) is 5.02 Å². The van der Waals surface area contributed by atoms with Gasteiger partial charge in [0.15, 0.2) is 6.10 Å². The Kier molecular flexibility index (Phi) is 7.24. The molecule has 2 N–H and O–H groups in total. The molecule has 27 heavy (non-hydrogen) atoms. The fraction of sp³-hybridized carbons (Fsp3) is 0.316. The number of nitrogens with one attached hydrogen (secondary N) is 2. The van der Waals surface area contributed by atoms with Gasteiger partial charge in [0.05, 0.1) is 4.90 Å². The Balaban J connectivity index is 1.82. The lowest BCUT2D eigenvalue weighted by molar-refractivity contribution is -0.127. The summed E-state index contributed by atoms with van der Waals surface area (Å²) in [7, 11) is -3.63. The van der Waals surface area contributed by atoms with Crippen molar-refractivity contribution in [3.05, 3.63) is 58.6 Å². The van der Waals surface area contributed by atoms with Crippen LogP contribution in [0.15, 0.2) is 47.4 Å². The summed E-state index contributed by atoms with van der Waals surface area (Å²) in [6, 6.07) is 11.9. The fourth-order valence-corrected chi connectivity index (χ4v) is 3.85. The van der Waals surface area contributed by atoms with Gasteiger partial charge in [0.1, 0.15) is 5.75 Å². The van der Waals surface area contributed by atoms with E-state index in [0.29, 0.717) is 16.3 Å². The molecular formula is C19H23ClN2O4S. The van der Waals surface area contributed by atoms with Crippen molar-refractivity contribution in [3.63, 3.8) is 0 Å². The number of rotatable bonds is 8. The second-order valence-electron chi connectivity index (χ2n) is 6.17. The monoisotopic (exact) mass is 410 g/mol. The van der Waals surface area contributed by atoms with Crippen molar-refractivity contribution in [1.29, 1.82) is 0 Å². The normalized spacial score (nSPS) is 12.4. The molecule has 0 heterocycles. The van der Waals surface area contributed by atoms with E-state index in [2.05, 4.69) is 10.0 Å². The van der Waals surface area contributed by atoms with Crippen LogP contribution in [0.5, 0.6) is 5.75 Å². The summed E-state index contributed by atoms with van der Waals surface area (Å²) in [6.45, 7) is 5.42. The summed E-state index contributed by atoms with van der Waals surface area (Å²) in [4.78, 5) is 12.3. The minimum Gasteiger partial charge on any atom is -0.481 e. The van der Waals surface area contributed by atoms with E-state index < -0.39 is 16.1 Å². The van der Waals surface area contributed by atoms with Gasteiger partial charge in [-0.05, 0) is 62.2 Å². The van der Waals surface area contributed by atoms with E-state index in [-0.39, 0.29) is 23.9 Å². The molecule has 8 heteroatoms. The molecule has 1 amide bonds. The molecule has 0 saturated carbocycles. The molecule has 6 nitrogen and oxygen atoms in total. The predicted octanol–water partition coefficient (Wildman–Crippen LogP) is 2.82. The standard InChI is InChI=1S/C19H23ClN2O4S/c1-13-4-5-14(2)18(12-13)27(24,25)22-11-10-21-19(23)15(3)26-17-8-6-16(20)7-9-17/h4-9,12,15,22H,10-11H2,1-3H3,(H,21,23). The molecule has 0 aliphatic carbocycles. The van der Waals surface area contributed by atoms with Crippen molar-refractivity contribution < 1.29 is 17.9 Å². The van der Waals surface area contributed by atoms with Crippen molar-refractivity contribution in [2.45, 2.75) is 31.8 Å². The van der Waals surface area contributed by atoms with E-state index in [1.807, 2.05) is 13.0 Å². The van der Waals surface area contributed by atoms with Crippen LogP contribution < -0.4 is 14.8 Å². The maximum absolute atomic E-state index is 12.4. The molecule has 0 aliphatic rings. The molecule has 2 aromatic rings. The summed E-state index contributed by atoms with van der Waals surface area (Å²) >= 11 is 5.80. The van der Waals surface area contributed by atoms with Gasteiger partial charge < -0.3 is 10.1 Å². The Bertz CT molecular complexity index is 898. The molecule has 0 radical (unpaired) electrons. The first-order valence-electron chi connectivity index (χ1n) is 8.46. The van der Waals surface area contributed by atoms with Gasteiger partial charge in [-0.2, -0.15) is 0 Å². The zero-order valence-corrected chi connectivity index (χ0v) is 17.0. The average molecular weight is 411 g/mol. The smallest absolute Gasteiger partial charge is 0.260 e. The van der Waals surface area contributed by atoms with Gasteiger partial charge in [0.25, 0.3) is 5.91 Å². The minimum absolute atomic E-state index is 0.0785. The summed E-state index contributed by atoms with van der Waals surface area (Å²) in [5.41, 5.74) is 1.53. The molecule has 0 spiro atoms. The van der Waals surface area contributed by atoms with Crippen LogP contribution in [0.25, 0.3) is 0 Å². The summed E-state index contributed by atoms with van der Waals surface area (Å²) < 4.78 is 32.8. The van der Waals surface area contributed by atoms with Crippen molar-refractivity contribution in [3.8, 4) is 5.75 Å². The van der Waals surface area contributed by atoms with E-state index in [1.165, 1.54) is 0 Å². The number of amides is 1. The molecule has 0 fully saturated rings. The molecule has 0 aliphatic heterocycles. The first-order chi connectivity index (χ1) is 12.7. The molecular weight excluding hydrogens is 388 g/mol. The first kappa shape index (κ1) is 21.2. The van der Waals surface area contributed by atoms with E-state index >= 15 is 0 Å². The molecule has 146 valence electrons. The number of sulfonamides is 1. The lowest BCUT2D eigenvalue weighted by Crippen LogP contribution is -2.40. The zero-order valence-electron chi connectivity index (χ0n) is 15.5. The first-order valence-corrected chi connectivity index (χ1v) is 10.3. The number of ether oxygens (including phenoxy) is 1. The number of hydrogen-bond donors (Lipinski definition) is 2. The third-order valence-corrected chi connectivity index (χ3v) is 5.70. The van der Waals surface area contributed by atoms with Gasteiger partial charge in [-0.3, -0.25) is 4.79 Å². The van der Waals surface area contributed by atoms with Crippen molar-refractivity contribution in [2.24, 2.45) is 0 Å². The maximum atomic E-state index is 12.4. The number of aryl methyl sites for hydroxylation is 2. The second-order valence-corrected chi connectivity index (χ2v) is 8.34. The van der Waals surface area contributed by atoms with Crippen LogP contribution >= 0.6 is 11.6 Å². The van der Waals surface area contributed by atoms with Gasteiger partial charge in [0.2, 0.25) is 10.0 Å². The molecule has 0 bridgehead atoms. The van der Waals surface area contributed by atoms with E-state index in [0.717, 1.165) is 5.56 Å². The van der Waals surface area contributed by atoms with E-state index in [9.17, 15) is 13.2 Å². The van der Waals surface area contributed by atoms with Gasteiger partial charge >= 0.3 is 0 Å². The lowest BCUT2D eigenvalue weighted by Gasteiger charge is -2.15. The Hall–Kier alpha value is -2.09. The minimum atomic E-state index is -3.63. The van der Waals surface area contributed by atoms with Crippen LogP contribution in [-0.4, -0.2) is 33.5 Å².